The summed E-state index contributed by atoms with van der Waals surface area (Å²) < 4.78 is 2.10. The molecule has 0 aliphatic carbocycles. The van der Waals surface area contributed by atoms with Crippen LogP contribution in [-0.2, 0) is 6.54 Å². The van der Waals surface area contributed by atoms with Gasteiger partial charge >= 0.3 is 0 Å². The van der Waals surface area contributed by atoms with Crippen molar-refractivity contribution in [3.63, 3.8) is 0 Å². The van der Waals surface area contributed by atoms with Crippen molar-refractivity contribution in [3.8, 4) is 10.4 Å². The topological polar surface area (TPSA) is 28.5 Å². The van der Waals surface area contributed by atoms with Crippen molar-refractivity contribution < 1.29 is 0 Å². The predicted octanol–water partition coefficient (Wildman–Crippen LogP) is 3.09. The molecule has 0 saturated carbocycles. The maximum absolute atomic E-state index is 12.6. The number of rotatable bonds is 2. The highest BCUT2D eigenvalue weighted by atomic mass is 32.1. The molecular weight excluding hydrogens is 342 g/mol. The number of piperidine rings is 2. The quantitative estimate of drug-likeness (QED) is 0.814. The molecule has 0 amide bonds. The summed E-state index contributed by atoms with van der Waals surface area (Å²) in [6.45, 7) is 5.61. The smallest absolute Gasteiger partial charge is 0.250 e. The fraction of sp³-hybridized carbons (Fsp3) is 0.571. The van der Waals surface area contributed by atoms with Crippen LogP contribution in [0.25, 0.3) is 10.4 Å². The Morgan fingerprint density at radius 2 is 1.92 bits per heavy atom. The molecule has 2 fully saturated rings. The Bertz CT molecular complexity index is 835. The van der Waals surface area contributed by atoms with Gasteiger partial charge in [-0.25, -0.2) is 0 Å². The molecule has 0 N–H and O–H groups in total. The lowest BCUT2D eigenvalue weighted by atomic mass is 9.80. The molecule has 2 aromatic heterocycles. The third kappa shape index (κ3) is 2.86. The van der Waals surface area contributed by atoms with Crippen molar-refractivity contribution in [2.75, 3.05) is 33.2 Å². The van der Waals surface area contributed by atoms with E-state index in [0.29, 0.717) is 11.8 Å². The van der Waals surface area contributed by atoms with Gasteiger partial charge in [0.15, 0.2) is 0 Å². The average Bonchev–Trinajstić information content (AvgIpc) is 3.17. The second-order valence-electron chi connectivity index (χ2n) is 8.35. The van der Waals surface area contributed by atoms with Gasteiger partial charge in [-0.2, -0.15) is 0 Å². The Labute approximate surface area is 159 Å². The Balaban J connectivity index is 1.49. The van der Waals surface area contributed by atoms with Crippen LogP contribution in [0.2, 0.25) is 0 Å². The van der Waals surface area contributed by atoms with Gasteiger partial charge in [0.1, 0.15) is 0 Å². The van der Waals surface area contributed by atoms with Gasteiger partial charge in [0.05, 0.1) is 0 Å². The van der Waals surface area contributed by atoms with Crippen LogP contribution in [0.1, 0.15) is 30.9 Å². The van der Waals surface area contributed by atoms with E-state index in [1.54, 1.807) is 17.4 Å². The third-order valence-electron chi connectivity index (χ3n) is 6.61. The molecule has 26 heavy (non-hydrogen) atoms. The lowest BCUT2D eigenvalue weighted by molar-refractivity contribution is 0.0519. The summed E-state index contributed by atoms with van der Waals surface area (Å²) in [6.07, 6.45) is 3.82. The summed E-state index contributed by atoms with van der Waals surface area (Å²) in [7, 11) is 2.23. The fourth-order valence-corrected chi connectivity index (χ4v) is 6.11. The Morgan fingerprint density at radius 1 is 1.08 bits per heavy atom. The number of likely N-dealkylation sites (tertiary alicyclic amines) is 2. The molecule has 4 nitrogen and oxygen atoms in total. The van der Waals surface area contributed by atoms with Crippen LogP contribution < -0.4 is 5.56 Å². The van der Waals surface area contributed by atoms with Gasteiger partial charge in [-0.05, 0) is 62.8 Å². The first-order chi connectivity index (χ1) is 12.7. The van der Waals surface area contributed by atoms with Crippen LogP contribution in [0.5, 0.6) is 0 Å². The number of hydrogen-bond acceptors (Lipinski definition) is 4. The van der Waals surface area contributed by atoms with E-state index >= 15 is 0 Å². The minimum Gasteiger partial charge on any atom is -0.311 e. The molecule has 5 rings (SSSR count). The second kappa shape index (κ2) is 6.63. The molecule has 138 valence electrons. The van der Waals surface area contributed by atoms with Gasteiger partial charge in [-0.3, -0.25) is 9.69 Å². The van der Waals surface area contributed by atoms with Crippen LogP contribution in [0.4, 0.5) is 0 Å². The fourth-order valence-electron chi connectivity index (χ4n) is 5.35. The van der Waals surface area contributed by atoms with Crippen LogP contribution in [0.15, 0.2) is 34.4 Å². The zero-order valence-corrected chi connectivity index (χ0v) is 16.3. The summed E-state index contributed by atoms with van der Waals surface area (Å²) in [4.78, 5) is 19.1. The van der Waals surface area contributed by atoms with Gasteiger partial charge in [0, 0.05) is 53.8 Å². The molecule has 3 aliphatic rings. The van der Waals surface area contributed by atoms with Gasteiger partial charge in [-0.1, -0.05) is 6.07 Å². The zero-order valence-electron chi connectivity index (χ0n) is 15.4. The van der Waals surface area contributed by atoms with Crippen LogP contribution in [0.3, 0.4) is 0 Å². The minimum absolute atomic E-state index is 0.183. The van der Waals surface area contributed by atoms with Gasteiger partial charge < -0.3 is 9.47 Å². The Kier molecular flexibility index (Phi) is 4.26. The summed E-state index contributed by atoms with van der Waals surface area (Å²) >= 11 is 1.78. The van der Waals surface area contributed by atoms with Crippen molar-refractivity contribution in [2.45, 2.75) is 37.8 Å². The molecule has 2 aromatic rings. The molecule has 2 unspecified atom stereocenters. The Morgan fingerprint density at radius 3 is 2.69 bits per heavy atom. The molecule has 5 heterocycles. The first kappa shape index (κ1) is 16.7. The molecule has 3 aliphatic heterocycles. The van der Waals surface area contributed by atoms with E-state index in [1.807, 2.05) is 0 Å². The van der Waals surface area contributed by atoms with E-state index in [0.717, 1.165) is 19.1 Å². The van der Waals surface area contributed by atoms with Gasteiger partial charge in [0.2, 0.25) is 0 Å². The molecular formula is C21H27N3OS. The minimum atomic E-state index is 0.183. The molecule has 2 saturated heterocycles. The number of fused-ring (bicyclic) bond motifs is 4. The first-order valence-corrected chi connectivity index (χ1v) is 10.8. The summed E-state index contributed by atoms with van der Waals surface area (Å²) in [6, 6.07) is 8.86. The number of aromatic nitrogens is 1. The second-order valence-corrected chi connectivity index (χ2v) is 9.29. The third-order valence-corrected chi connectivity index (χ3v) is 7.51. The number of pyridine rings is 1. The monoisotopic (exact) mass is 369 g/mol. The maximum atomic E-state index is 12.6. The first-order valence-electron chi connectivity index (χ1n) is 9.89. The van der Waals surface area contributed by atoms with Gasteiger partial charge in [0.25, 0.3) is 5.56 Å². The maximum Gasteiger partial charge on any atom is 0.250 e. The average molecular weight is 370 g/mol. The molecule has 5 heteroatoms. The summed E-state index contributed by atoms with van der Waals surface area (Å²) in [5, 5.41) is 2.13. The van der Waals surface area contributed by atoms with E-state index in [9.17, 15) is 4.79 Å². The van der Waals surface area contributed by atoms with E-state index in [2.05, 4.69) is 45.0 Å². The summed E-state index contributed by atoms with van der Waals surface area (Å²) in [5.41, 5.74) is 2.77. The molecule has 2 atom stereocenters. The number of nitrogens with zero attached hydrogens (tertiary/aromatic N) is 3. The number of hydrogen-bond donors (Lipinski definition) is 0. The van der Waals surface area contributed by atoms with Crippen LogP contribution in [0, 0.1) is 5.92 Å². The van der Waals surface area contributed by atoms with Crippen LogP contribution >= 0.6 is 11.3 Å². The van der Waals surface area contributed by atoms with E-state index in [-0.39, 0.29) is 5.56 Å². The van der Waals surface area contributed by atoms with Crippen molar-refractivity contribution in [2.24, 2.45) is 5.92 Å². The SMILES string of the molecule is CN1CCC(N2CC3CC(C2)c2c(-c4cccs4)ccc(=O)n2C3)CC1. The molecule has 0 spiro atoms. The highest BCUT2D eigenvalue weighted by Gasteiger charge is 2.38. The normalized spacial score (nSPS) is 27.4. The standard InChI is InChI=1S/C21H27N3OS/c1-22-8-6-17(7-9-22)23-12-15-11-16(14-23)21-18(19-3-2-10-26-19)4-5-20(25)24(21)13-15/h2-5,10,15-17H,6-9,11-14H2,1H3. The lowest BCUT2D eigenvalue weighted by Crippen LogP contribution is -2.53. The van der Waals surface area contributed by atoms with Crippen molar-refractivity contribution in [3.05, 3.63) is 45.7 Å². The van der Waals surface area contributed by atoms with Gasteiger partial charge in [-0.15, -0.1) is 11.3 Å². The Hall–Kier alpha value is -1.43. The van der Waals surface area contributed by atoms with Crippen molar-refractivity contribution in [1.29, 1.82) is 0 Å². The zero-order chi connectivity index (χ0) is 17.7. The van der Waals surface area contributed by atoms with Crippen LogP contribution in [-0.4, -0.2) is 53.6 Å². The van der Waals surface area contributed by atoms with E-state index in [4.69, 9.17) is 0 Å². The largest absolute Gasteiger partial charge is 0.311 e. The van der Waals surface area contributed by atoms with Crippen molar-refractivity contribution in [1.82, 2.24) is 14.4 Å². The highest BCUT2D eigenvalue weighted by molar-refractivity contribution is 7.13. The molecule has 0 radical (unpaired) electrons. The lowest BCUT2D eigenvalue weighted by Gasteiger charge is -2.47. The summed E-state index contributed by atoms with van der Waals surface area (Å²) in [5.74, 6) is 1.12. The molecule has 2 bridgehead atoms. The predicted molar refractivity (Wildman–Crippen MR) is 107 cm³/mol. The van der Waals surface area contributed by atoms with E-state index < -0.39 is 0 Å². The number of thiophene rings is 1. The van der Waals surface area contributed by atoms with E-state index in [1.165, 1.54) is 55.0 Å². The van der Waals surface area contributed by atoms with Crippen molar-refractivity contribution >= 4 is 11.3 Å². The molecule has 0 aromatic carbocycles. The highest BCUT2D eigenvalue weighted by Crippen LogP contribution is 2.41.